The number of hydrogen-bond acceptors (Lipinski definition) is 5. The fourth-order valence-corrected chi connectivity index (χ4v) is 2.41. The lowest BCUT2D eigenvalue weighted by atomic mass is 10.2. The Kier molecular flexibility index (Phi) is 4.11. The van der Waals surface area contributed by atoms with Crippen molar-refractivity contribution in [1.29, 1.82) is 0 Å². The van der Waals surface area contributed by atoms with Crippen LogP contribution in [0.1, 0.15) is 11.4 Å². The van der Waals surface area contributed by atoms with Gasteiger partial charge < -0.3 is 4.74 Å². The summed E-state index contributed by atoms with van der Waals surface area (Å²) in [5, 5.41) is 0. The van der Waals surface area contributed by atoms with Crippen molar-refractivity contribution in [1.82, 2.24) is 19.9 Å². The molecule has 0 aliphatic rings. The Hall–Kier alpha value is -2.34. The Balaban J connectivity index is 1.96. The van der Waals surface area contributed by atoms with Gasteiger partial charge in [-0.3, -0.25) is 4.98 Å². The number of halogens is 1. The first-order valence-electron chi connectivity index (χ1n) is 6.69. The summed E-state index contributed by atoms with van der Waals surface area (Å²) >= 11 is 3.40. The maximum Gasteiger partial charge on any atom is 0.223 e. The topological polar surface area (TPSA) is 60.8 Å². The van der Waals surface area contributed by atoms with Gasteiger partial charge in [0.05, 0.1) is 0 Å². The number of nitrogens with zero attached hydrogens (tertiary/aromatic N) is 4. The highest BCUT2D eigenvalue weighted by Crippen LogP contribution is 2.28. The standard InChI is InChI=1S/C16H13BrN4O/c1-10-5-6-13(15(17)19-10)22-14-8-11(2)20-16(21-14)12-4-3-7-18-9-12/h3-9H,1-2H3. The lowest BCUT2D eigenvalue weighted by molar-refractivity contribution is 0.456. The van der Waals surface area contributed by atoms with Gasteiger partial charge in [0.1, 0.15) is 4.60 Å². The lowest BCUT2D eigenvalue weighted by Gasteiger charge is -2.09. The van der Waals surface area contributed by atoms with E-state index in [1.165, 1.54) is 0 Å². The average molecular weight is 357 g/mol. The van der Waals surface area contributed by atoms with Crippen LogP contribution in [0.2, 0.25) is 0 Å². The van der Waals surface area contributed by atoms with E-state index in [2.05, 4.69) is 35.9 Å². The summed E-state index contributed by atoms with van der Waals surface area (Å²) in [6, 6.07) is 9.28. The van der Waals surface area contributed by atoms with E-state index in [1.54, 1.807) is 18.5 Å². The second kappa shape index (κ2) is 6.19. The number of pyridine rings is 2. The van der Waals surface area contributed by atoms with Gasteiger partial charge in [-0.05, 0) is 54.0 Å². The van der Waals surface area contributed by atoms with E-state index < -0.39 is 0 Å². The van der Waals surface area contributed by atoms with Crippen LogP contribution in [0.3, 0.4) is 0 Å². The third-order valence-electron chi connectivity index (χ3n) is 2.92. The summed E-state index contributed by atoms with van der Waals surface area (Å²) in [6.45, 7) is 3.82. The minimum Gasteiger partial charge on any atom is -0.436 e. The van der Waals surface area contributed by atoms with Crippen LogP contribution in [0.25, 0.3) is 11.4 Å². The van der Waals surface area contributed by atoms with Gasteiger partial charge in [0, 0.05) is 35.4 Å². The van der Waals surface area contributed by atoms with E-state index in [-0.39, 0.29) is 0 Å². The Morgan fingerprint density at radius 3 is 2.59 bits per heavy atom. The zero-order chi connectivity index (χ0) is 15.5. The second-order valence-electron chi connectivity index (χ2n) is 4.76. The smallest absolute Gasteiger partial charge is 0.223 e. The molecule has 3 aromatic heterocycles. The molecule has 22 heavy (non-hydrogen) atoms. The summed E-state index contributed by atoms with van der Waals surface area (Å²) in [7, 11) is 0. The molecule has 0 unspecified atom stereocenters. The van der Waals surface area contributed by atoms with Gasteiger partial charge in [-0.15, -0.1) is 0 Å². The third-order valence-corrected chi connectivity index (χ3v) is 3.49. The van der Waals surface area contributed by atoms with Crippen LogP contribution in [0.5, 0.6) is 11.6 Å². The molecule has 0 saturated heterocycles. The molecule has 0 aliphatic carbocycles. The van der Waals surface area contributed by atoms with Gasteiger partial charge in [-0.1, -0.05) is 0 Å². The first-order chi connectivity index (χ1) is 10.6. The number of hydrogen-bond donors (Lipinski definition) is 0. The van der Waals surface area contributed by atoms with Crippen molar-refractivity contribution in [3.63, 3.8) is 0 Å². The Bertz CT molecular complexity index is 808. The van der Waals surface area contributed by atoms with Crippen LogP contribution < -0.4 is 4.74 Å². The minimum absolute atomic E-state index is 0.470. The predicted molar refractivity (Wildman–Crippen MR) is 86.7 cm³/mol. The molecule has 0 radical (unpaired) electrons. The van der Waals surface area contributed by atoms with Crippen molar-refractivity contribution in [2.45, 2.75) is 13.8 Å². The van der Waals surface area contributed by atoms with Gasteiger partial charge in [0.15, 0.2) is 11.6 Å². The molecular formula is C16H13BrN4O. The average Bonchev–Trinajstić information content (AvgIpc) is 2.50. The van der Waals surface area contributed by atoms with E-state index in [0.29, 0.717) is 22.1 Å². The van der Waals surface area contributed by atoms with E-state index in [9.17, 15) is 0 Å². The third kappa shape index (κ3) is 3.28. The van der Waals surface area contributed by atoms with Crippen LogP contribution in [0, 0.1) is 13.8 Å². The SMILES string of the molecule is Cc1cc(Oc2ccc(C)nc2Br)nc(-c2cccnc2)n1. The van der Waals surface area contributed by atoms with Crippen molar-refractivity contribution >= 4 is 15.9 Å². The highest BCUT2D eigenvalue weighted by atomic mass is 79.9. The molecule has 3 rings (SSSR count). The van der Waals surface area contributed by atoms with Crippen LogP contribution in [-0.4, -0.2) is 19.9 Å². The van der Waals surface area contributed by atoms with Crippen molar-refractivity contribution in [2.75, 3.05) is 0 Å². The Morgan fingerprint density at radius 2 is 1.86 bits per heavy atom. The van der Waals surface area contributed by atoms with E-state index in [4.69, 9.17) is 4.74 Å². The molecule has 3 heterocycles. The van der Waals surface area contributed by atoms with Crippen molar-refractivity contribution in [3.8, 4) is 23.0 Å². The van der Waals surface area contributed by atoms with Gasteiger partial charge in [-0.2, -0.15) is 4.98 Å². The first-order valence-corrected chi connectivity index (χ1v) is 7.48. The number of aryl methyl sites for hydroxylation is 2. The van der Waals surface area contributed by atoms with Crippen LogP contribution in [0.15, 0.2) is 47.3 Å². The van der Waals surface area contributed by atoms with Gasteiger partial charge in [-0.25, -0.2) is 9.97 Å². The first kappa shape index (κ1) is 14.6. The molecular weight excluding hydrogens is 344 g/mol. The summed E-state index contributed by atoms with van der Waals surface area (Å²) < 4.78 is 6.47. The highest BCUT2D eigenvalue weighted by Gasteiger charge is 2.09. The Morgan fingerprint density at radius 1 is 1.00 bits per heavy atom. The van der Waals surface area contributed by atoms with Gasteiger partial charge in [0.25, 0.3) is 0 Å². The van der Waals surface area contributed by atoms with Crippen molar-refractivity contribution in [2.24, 2.45) is 0 Å². The summed E-state index contributed by atoms with van der Waals surface area (Å²) in [5.74, 6) is 1.66. The zero-order valence-electron chi connectivity index (χ0n) is 12.1. The maximum atomic E-state index is 5.83. The zero-order valence-corrected chi connectivity index (χ0v) is 13.7. The fourth-order valence-electron chi connectivity index (χ4n) is 1.92. The van der Waals surface area contributed by atoms with Gasteiger partial charge in [0.2, 0.25) is 5.88 Å². The molecule has 6 heteroatoms. The van der Waals surface area contributed by atoms with Crippen LogP contribution in [0.4, 0.5) is 0 Å². The van der Waals surface area contributed by atoms with Crippen molar-refractivity contribution < 1.29 is 4.74 Å². The minimum atomic E-state index is 0.470. The van der Waals surface area contributed by atoms with Crippen LogP contribution in [-0.2, 0) is 0 Å². The summed E-state index contributed by atoms with van der Waals surface area (Å²) in [4.78, 5) is 17.3. The van der Waals surface area contributed by atoms with E-state index in [0.717, 1.165) is 17.0 Å². The largest absolute Gasteiger partial charge is 0.436 e. The molecule has 0 aromatic carbocycles. The Labute approximate surface area is 136 Å². The van der Waals surface area contributed by atoms with E-state index >= 15 is 0 Å². The van der Waals surface area contributed by atoms with Crippen molar-refractivity contribution in [3.05, 3.63) is 58.7 Å². The normalized spacial score (nSPS) is 10.5. The summed E-state index contributed by atoms with van der Waals surface area (Å²) in [5.41, 5.74) is 2.58. The molecule has 0 aliphatic heterocycles. The molecule has 3 aromatic rings. The number of rotatable bonds is 3. The van der Waals surface area contributed by atoms with Gasteiger partial charge >= 0.3 is 0 Å². The van der Waals surface area contributed by atoms with E-state index in [1.807, 2.05) is 38.1 Å². The number of aromatic nitrogens is 4. The molecule has 0 fully saturated rings. The molecule has 5 nitrogen and oxygen atoms in total. The molecule has 0 atom stereocenters. The molecule has 110 valence electrons. The molecule has 0 bridgehead atoms. The quantitative estimate of drug-likeness (QED) is 0.661. The summed E-state index contributed by atoms with van der Waals surface area (Å²) in [6.07, 6.45) is 3.44. The fraction of sp³-hybridized carbons (Fsp3) is 0.125. The molecule has 0 spiro atoms. The molecule has 0 saturated carbocycles. The van der Waals surface area contributed by atoms with Crippen LogP contribution >= 0.6 is 15.9 Å². The highest BCUT2D eigenvalue weighted by molar-refractivity contribution is 9.10. The monoisotopic (exact) mass is 356 g/mol. The number of ether oxygens (including phenoxy) is 1. The lowest BCUT2D eigenvalue weighted by Crippen LogP contribution is -1.97. The molecule has 0 N–H and O–H groups in total. The maximum absolute atomic E-state index is 5.83. The predicted octanol–water partition coefficient (Wildman–Crippen LogP) is 4.11. The molecule has 0 amide bonds. The second-order valence-corrected chi connectivity index (χ2v) is 5.51.